The van der Waals surface area contributed by atoms with Crippen molar-refractivity contribution in [2.45, 2.75) is 45.6 Å². The number of aryl methyl sites for hydroxylation is 1. The maximum Gasteiger partial charge on any atom is 0.174 e. The van der Waals surface area contributed by atoms with Gasteiger partial charge in [0.25, 0.3) is 0 Å². The second-order valence-electron chi connectivity index (χ2n) is 5.50. The summed E-state index contributed by atoms with van der Waals surface area (Å²) >= 11 is 0. The van der Waals surface area contributed by atoms with Gasteiger partial charge in [-0.1, -0.05) is 6.92 Å². The second-order valence-corrected chi connectivity index (χ2v) is 5.50. The molecule has 21 heavy (non-hydrogen) atoms. The molecular formula is C16H21FN4. The fourth-order valence-corrected chi connectivity index (χ4v) is 2.83. The summed E-state index contributed by atoms with van der Waals surface area (Å²) in [4.78, 5) is 8.66. The van der Waals surface area contributed by atoms with E-state index in [0.29, 0.717) is 17.9 Å². The van der Waals surface area contributed by atoms with Gasteiger partial charge in [-0.15, -0.1) is 0 Å². The molecule has 0 atom stereocenters. The van der Waals surface area contributed by atoms with Crippen LogP contribution in [0.15, 0.2) is 18.6 Å². The number of hydrogen-bond acceptors (Lipinski definition) is 3. The lowest BCUT2D eigenvalue weighted by molar-refractivity contribution is 0.568. The Labute approximate surface area is 124 Å². The summed E-state index contributed by atoms with van der Waals surface area (Å²) in [6.07, 6.45) is 8.67. The SMILES string of the molecule is CCCNCc1ccnc(-n2cnc3c2CCCC3)c1F. The number of hydrogen-bond donors (Lipinski definition) is 1. The average molecular weight is 288 g/mol. The number of pyridine rings is 1. The molecule has 1 N–H and O–H groups in total. The average Bonchev–Trinajstić information content (AvgIpc) is 2.93. The zero-order chi connectivity index (χ0) is 14.7. The predicted octanol–water partition coefficient (Wildman–Crippen LogP) is 2.78. The quantitative estimate of drug-likeness (QED) is 0.860. The minimum absolute atomic E-state index is 0.244. The molecule has 2 aromatic rings. The first-order valence-corrected chi connectivity index (χ1v) is 7.70. The van der Waals surface area contributed by atoms with Crippen molar-refractivity contribution >= 4 is 0 Å². The molecule has 3 rings (SSSR count). The molecule has 0 aromatic carbocycles. The minimum Gasteiger partial charge on any atom is -0.313 e. The number of imidazole rings is 1. The largest absolute Gasteiger partial charge is 0.313 e. The molecule has 2 heterocycles. The predicted molar refractivity (Wildman–Crippen MR) is 80.0 cm³/mol. The van der Waals surface area contributed by atoms with Crippen molar-refractivity contribution in [3.05, 3.63) is 41.4 Å². The summed E-state index contributed by atoms with van der Waals surface area (Å²) in [5.41, 5.74) is 2.87. The summed E-state index contributed by atoms with van der Waals surface area (Å²) in [7, 11) is 0. The smallest absolute Gasteiger partial charge is 0.174 e. The van der Waals surface area contributed by atoms with E-state index in [1.54, 1.807) is 18.6 Å². The van der Waals surface area contributed by atoms with Gasteiger partial charge in [0.15, 0.2) is 11.6 Å². The van der Waals surface area contributed by atoms with Crippen molar-refractivity contribution in [3.8, 4) is 5.82 Å². The van der Waals surface area contributed by atoms with Gasteiger partial charge in [-0.3, -0.25) is 4.57 Å². The highest BCUT2D eigenvalue weighted by Crippen LogP contribution is 2.24. The van der Waals surface area contributed by atoms with Crippen LogP contribution in [0.1, 0.15) is 43.1 Å². The maximum absolute atomic E-state index is 14.7. The summed E-state index contributed by atoms with van der Waals surface area (Å²) < 4.78 is 16.5. The van der Waals surface area contributed by atoms with Crippen LogP contribution < -0.4 is 5.32 Å². The monoisotopic (exact) mass is 288 g/mol. The summed E-state index contributed by atoms with van der Waals surface area (Å²) in [6, 6.07) is 1.74. The van der Waals surface area contributed by atoms with Crippen molar-refractivity contribution in [1.29, 1.82) is 0 Å². The molecule has 0 spiro atoms. The van der Waals surface area contributed by atoms with Gasteiger partial charge >= 0.3 is 0 Å². The van der Waals surface area contributed by atoms with Crippen LogP contribution in [-0.2, 0) is 19.4 Å². The Bertz CT molecular complexity index is 621. The lowest BCUT2D eigenvalue weighted by atomic mass is 10.0. The van der Waals surface area contributed by atoms with Gasteiger partial charge in [-0.25, -0.2) is 14.4 Å². The zero-order valence-corrected chi connectivity index (χ0v) is 12.4. The molecule has 0 amide bonds. The fourth-order valence-electron chi connectivity index (χ4n) is 2.83. The lowest BCUT2D eigenvalue weighted by Crippen LogP contribution is -2.16. The van der Waals surface area contributed by atoms with Gasteiger partial charge in [-0.2, -0.15) is 0 Å². The Morgan fingerprint density at radius 2 is 2.14 bits per heavy atom. The molecule has 5 heteroatoms. The van der Waals surface area contributed by atoms with Crippen molar-refractivity contribution < 1.29 is 4.39 Å². The molecule has 0 aliphatic heterocycles. The summed E-state index contributed by atoms with van der Waals surface area (Å²) in [5, 5.41) is 3.23. The molecule has 0 fully saturated rings. The van der Waals surface area contributed by atoms with E-state index in [-0.39, 0.29) is 5.82 Å². The molecule has 0 bridgehead atoms. The highest BCUT2D eigenvalue weighted by molar-refractivity contribution is 5.34. The summed E-state index contributed by atoms with van der Waals surface area (Å²) in [6.45, 7) is 3.52. The third-order valence-electron chi connectivity index (χ3n) is 3.95. The van der Waals surface area contributed by atoms with E-state index in [1.165, 1.54) is 6.42 Å². The molecule has 0 saturated heterocycles. The molecule has 4 nitrogen and oxygen atoms in total. The van der Waals surface area contributed by atoms with E-state index < -0.39 is 0 Å². The highest BCUT2D eigenvalue weighted by atomic mass is 19.1. The number of fused-ring (bicyclic) bond motifs is 1. The molecule has 0 saturated carbocycles. The van der Waals surface area contributed by atoms with Crippen LogP contribution in [0.25, 0.3) is 5.82 Å². The number of rotatable bonds is 5. The summed E-state index contributed by atoms with van der Waals surface area (Å²) in [5.74, 6) is 0.133. The van der Waals surface area contributed by atoms with Crippen LogP contribution >= 0.6 is 0 Å². The number of aromatic nitrogens is 3. The molecule has 2 aromatic heterocycles. The van der Waals surface area contributed by atoms with Crippen molar-refractivity contribution in [2.24, 2.45) is 0 Å². The Morgan fingerprint density at radius 3 is 3.00 bits per heavy atom. The topological polar surface area (TPSA) is 42.7 Å². The number of nitrogens with zero attached hydrogens (tertiary/aromatic N) is 3. The first kappa shape index (κ1) is 14.2. The van der Waals surface area contributed by atoms with E-state index >= 15 is 0 Å². The molecule has 0 unspecified atom stereocenters. The van der Waals surface area contributed by atoms with Gasteiger partial charge in [0.2, 0.25) is 0 Å². The van der Waals surface area contributed by atoms with E-state index in [4.69, 9.17) is 0 Å². The first-order valence-electron chi connectivity index (χ1n) is 7.70. The molecule has 1 aliphatic carbocycles. The first-order chi connectivity index (χ1) is 10.3. The Balaban J connectivity index is 1.92. The van der Waals surface area contributed by atoms with Crippen LogP contribution in [0.2, 0.25) is 0 Å². The maximum atomic E-state index is 14.7. The Kier molecular flexibility index (Phi) is 4.29. The molecular weight excluding hydrogens is 267 g/mol. The molecule has 1 aliphatic rings. The highest BCUT2D eigenvalue weighted by Gasteiger charge is 2.19. The van der Waals surface area contributed by atoms with Gasteiger partial charge < -0.3 is 5.32 Å². The third kappa shape index (κ3) is 2.83. The van der Waals surface area contributed by atoms with Crippen LogP contribution in [-0.4, -0.2) is 21.1 Å². The van der Waals surface area contributed by atoms with Gasteiger partial charge in [0.05, 0.1) is 5.69 Å². The van der Waals surface area contributed by atoms with Gasteiger partial charge in [0.1, 0.15) is 6.33 Å². The Hall–Kier alpha value is -1.75. The van der Waals surface area contributed by atoms with Crippen molar-refractivity contribution in [2.75, 3.05) is 6.54 Å². The van der Waals surface area contributed by atoms with Crippen LogP contribution in [0.3, 0.4) is 0 Å². The fraction of sp³-hybridized carbons (Fsp3) is 0.500. The van der Waals surface area contributed by atoms with Crippen molar-refractivity contribution in [3.63, 3.8) is 0 Å². The second kappa shape index (κ2) is 6.35. The molecule has 112 valence electrons. The standard InChI is InChI=1S/C16H21FN4/c1-2-8-18-10-12-7-9-19-16(15(12)17)21-11-20-13-5-3-4-6-14(13)21/h7,9,11,18H,2-6,8,10H2,1H3. The third-order valence-corrected chi connectivity index (χ3v) is 3.95. The Morgan fingerprint density at radius 1 is 1.29 bits per heavy atom. The molecule has 0 radical (unpaired) electrons. The van der Waals surface area contributed by atoms with Gasteiger partial charge in [-0.05, 0) is 44.7 Å². The van der Waals surface area contributed by atoms with E-state index in [0.717, 1.165) is 43.6 Å². The van der Waals surface area contributed by atoms with Crippen LogP contribution in [0.4, 0.5) is 4.39 Å². The lowest BCUT2D eigenvalue weighted by Gasteiger charge is -2.15. The van der Waals surface area contributed by atoms with E-state index in [1.807, 2.05) is 4.57 Å². The number of nitrogens with one attached hydrogen (secondary N) is 1. The van der Waals surface area contributed by atoms with Crippen LogP contribution in [0.5, 0.6) is 0 Å². The van der Waals surface area contributed by atoms with E-state index in [2.05, 4.69) is 22.2 Å². The van der Waals surface area contributed by atoms with Crippen molar-refractivity contribution in [1.82, 2.24) is 19.9 Å². The van der Waals surface area contributed by atoms with Crippen LogP contribution in [0, 0.1) is 5.82 Å². The zero-order valence-electron chi connectivity index (χ0n) is 12.4. The van der Waals surface area contributed by atoms with E-state index in [9.17, 15) is 4.39 Å². The minimum atomic E-state index is -0.244. The van der Waals surface area contributed by atoms with Gasteiger partial charge in [0, 0.05) is 24.0 Å². The normalized spacial score (nSPS) is 14.2. The number of halogens is 1.